The summed E-state index contributed by atoms with van der Waals surface area (Å²) in [7, 11) is 7.92. The second kappa shape index (κ2) is 12.0. The molecule has 0 saturated heterocycles. The molecule has 0 amide bonds. The standard InChI is InChI=1S/C28H32O6/c1-30-23-13-20(7-6-19-10-11-26(28(29)34-5)27(17-19)33-4)12-21(14-23)8-9-22-15-24(31-2)18-25(16-22)32-3/h10-18H,6-9H2,1-5H3. The molecule has 0 radical (unpaired) electrons. The third-order valence-corrected chi connectivity index (χ3v) is 5.75. The first-order chi connectivity index (χ1) is 16.5. The number of rotatable bonds is 11. The Morgan fingerprint density at radius 3 is 1.50 bits per heavy atom. The van der Waals surface area contributed by atoms with Gasteiger partial charge < -0.3 is 23.7 Å². The van der Waals surface area contributed by atoms with Gasteiger partial charge in [-0.1, -0.05) is 12.1 Å². The maximum Gasteiger partial charge on any atom is 0.341 e. The van der Waals surface area contributed by atoms with Crippen molar-refractivity contribution in [2.24, 2.45) is 0 Å². The van der Waals surface area contributed by atoms with Crippen molar-refractivity contribution in [2.75, 3.05) is 35.5 Å². The summed E-state index contributed by atoms with van der Waals surface area (Å²) in [6, 6.07) is 17.9. The van der Waals surface area contributed by atoms with Crippen LogP contribution in [0.25, 0.3) is 0 Å². The number of aryl methyl sites for hydroxylation is 4. The molecular formula is C28H32O6. The Bertz CT molecular complexity index is 1100. The van der Waals surface area contributed by atoms with E-state index in [-0.39, 0.29) is 0 Å². The lowest BCUT2D eigenvalue weighted by atomic mass is 9.98. The number of hydrogen-bond acceptors (Lipinski definition) is 6. The lowest BCUT2D eigenvalue weighted by Crippen LogP contribution is -2.05. The predicted octanol–water partition coefficient (Wildman–Crippen LogP) is 5.08. The molecule has 0 aliphatic heterocycles. The van der Waals surface area contributed by atoms with E-state index in [0.717, 1.165) is 54.1 Å². The molecule has 34 heavy (non-hydrogen) atoms. The highest BCUT2D eigenvalue weighted by molar-refractivity contribution is 5.92. The molecule has 0 heterocycles. The topological polar surface area (TPSA) is 63.2 Å². The van der Waals surface area contributed by atoms with Gasteiger partial charge in [0.05, 0.1) is 35.5 Å². The highest BCUT2D eigenvalue weighted by atomic mass is 16.5. The van der Waals surface area contributed by atoms with E-state index in [0.29, 0.717) is 11.3 Å². The molecule has 0 unspecified atom stereocenters. The van der Waals surface area contributed by atoms with Gasteiger partial charge in [-0.3, -0.25) is 0 Å². The molecule has 0 aliphatic rings. The van der Waals surface area contributed by atoms with Crippen LogP contribution in [0.4, 0.5) is 0 Å². The van der Waals surface area contributed by atoms with Crippen LogP contribution in [0, 0.1) is 0 Å². The Labute approximate surface area is 201 Å². The third kappa shape index (κ3) is 6.44. The zero-order chi connectivity index (χ0) is 24.5. The van der Waals surface area contributed by atoms with Crippen LogP contribution in [-0.2, 0) is 30.4 Å². The highest BCUT2D eigenvalue weighted by Crippen LogP contribution is 2.26. The molecule has 0 spiro atoms. The maximum atomic E-state index is 11.9. The summed E-state index contributed by atoms with van der Waals surface area (Å²) >= 11 is 0. The Hall–Kier alpha value is -3.67. The molecule has 0 aromatic heterocycles. The Balaban J connectivity index is 1.73. The van der Waals surface area contributed by atoms with Crippen LogP contribution in [0.2, 0.25) is 0 Å². The fraction of sp³-hybridized carbons (Fsp3) is 0.321. The van der Waals surface area contributed by atoms with Crippen molar-refractivity contribution in [3.05, 3.63) is 82.4 Å². The van der Waals surface area contributed by atoms with Gasteiger partial charge in [0.15, 0.2) is 0 Å². The molecule has 0 aliphatic carbocycles. The highest BCUT2D eigenvalue weighted by Gasteiger charge is 2.13. The molecule has 0 bridgehead atoms. The normalized spacial score (nSPS) is 10.5. The molecule has 0 atom stereocenters. The number of hydrogen-bond donors (Lipinski definition) is 0. The summed E-state index contributed by atoms with van der Waals surface area (Å²) in [5, 5.41) is 0. The summed E-state index contributed by atoms with van der Waals surface area (Å²) < 4.78 is 26.5. The van der Waals surface area contributed by atoms with Crippen LogP contribution in [0.5, 0.6) is 23.0 Å². The van der Waals surface area contributed by atoms with Gasteiger partial charge in [-0.05, 0) is 84.3 Å². The van der Waals surface area contributed by atoms with E-state index >= 15 is 0 Å². The average molecular weight is 465 g/mol. The Morgan fingerprint density at radius 2 is 1.03 bits per heavy atom. The number of ether oxygens (including phenoxy) is 5. The van der Waals surface area contributed by atoms with Crippen molar-refractivity contribution < 1.29 is 28.5 Å². The summed E-state index contributed by atoms with van der Waals surface area (Å²) in [5.74, 6) is 2.52. The van der Waals surface area contributed by atoms with E-state index < -0.39 is 5.97 Å². The maximum absolute atomic E-state index is 11.9. The molecule has 0 N–H and O–H groups in total. The fourth-order valence-electron chi connectivity index (χ4n) is 3.89. The molecule has 180 valence electrons. The second-order valence-corrected chi connectivity index (χ2v) is 7.94. The second-order valence-electron chi connectivity index (χ2n) is 7.94. The van der Waals surface area contributed by atoms with Crippen molar-refractivity contribution in [2.45, 2.75) is 25.7 Å². The van der Waals surface area contributed by atoms with Crippen molar-refractivity contribution in [3.8, 4) is 23.0 Å². The molecule has 3 rings (SSSR count). The van der Waals surface area contributed by atoms with E-state index in [1.54, 1.807) is 34.5 Å². The minimum atomic E-state index is -0.408. The Morgan fingerprint density at radius 1 is 0.559 bits per heavy atom. The lowest BCUT2D eigenvalue weighted by Gasteiger charge is -2.12. The largest absolute Gasteiger partial charge is 0.497 e. The van der Waals surface area contributed by atoms with E-state index in [2.05, 4.69) is 18.2 Å². The number of methoxy groups -OCH3 is 5. The number of carbonyl (C=O) groups excluding carboxylic acids is 1. The van der Waals surface area contributed by atoms with Crippen LogP contribution in [0.3, 0.4) is 0 Å². The van der Waals surface area contributed by atoms with Crippen molar-refractivity contribution in [1.82, 2.24) is 0 Å². The monoisotopic (exact) mass is 464 g/mol. The summed E-state index contributed by atoms with van der Waals surface area (Å²) in [5.41, 5.74) is 5.05. The molecular weight excluding hydrogens is 432 g/mol. The quantitative estimate of drug-likeness (QED) is 0.369. The van der Waals surface area contributed by atoms with Crippen molar-refractivity contribution in [3.63, 3.8) is 0 Å². The molecule has 6 heteroatoms. The molecule has 6 nitrogen and oxygen atoms in total. The van der Waals surface area contributed by atoms with Gasteiger partial charge in [0, 0.05) is 6.07 Å². The zero-order valence-corrected chi connectivity index (χ0v) is 20.5. The molecule has 0 fully saturated rings. The average Bonchev–Trinajstić information content (AvgIpc) is 2.89. The third-order valence-electron chi connectivity index (χ3n) is 5.75. The summed E-state index contributed by atoms with van der Waals surface area (Å²) in [4.78, 5) is 11.9. The van der Waals surface area contributed by atoms with Crippen LogP contribution in [0.1, 0.15) is 32.6 Å². The van der Waals surface area contributed by atoms with Gasteiger partial charge in [0.1, 0.15) is 28.6 Å². The fourth-order valence-corrected chi connectivity index (χ4v) is 3.89. The van der Waals surface area contributed by atoms with Gasteiger partial charge in [0.2, 0.25) is 0 Å². The van der Waals surface area contributed by atoms with E-state index in [1.807, 2.05) is 30.3 Å². The first-order valence-corrected chi connectivity index (χ1v) is 11.1. The smallest absolute Gasteiger partial charge is 0.341 e. The lowest BCUT2D eigenvalue weighted by molar-refractivity contribution is 0.0597. The molecule has 0 saturated carbocycles. The SMILES string of the molecule is COC(=O)c1ccc(CCc2cc(CCc3cc(OC)cc(OC)c3)cc(OC)c2)cc1OC. The van der Waals surface area contributed by atoms with Crippen molar-refractivity contribution >= 4 is 5.97 Å². The Kier molecular flexibility index (Phi) is 8.79. The zero-order valence-electron chi connectivity index (χ0n) is 20.5. The minimum absolute atomic E-state index is 0.408. The number of carbonyl (C=O) groups is 1. The van der Waals surface area contributed by atoms with Gasteiger partial charge in [-0.25, -0.2) is 4.79 Å². The van der Waals surface area contributed by atoms with Gasteiger partial charge in [0.25, 0.3) is 0 Å². The summed E-state index contributed by atoms with van der Waals surface area (Å²) in [6.07, 6.45) is 3.35. The molecule has 3 aromatic carbocycles. The number of benzene rings is 3. The van der Waals surface area contributed by atoms with Gasteiger partial charge in [-0.2, -0.15) is 0 Å². The minimum Gasteiger partial charge on any atom is -0.497 e. The van der Waals surface area contributed by atoms with Gasteiger partial charge >= 0.3 is 5.97 Å². The first kappa shape index (κ1) is 25.0. The van der Waals surface area contributed by atoms with Crippen LogP contribution < -0.4 is 18.9 Å². The van der Waals surface area contributed by atoms with Crippen LogP contribution in [0.15, 0.2) is 54.6 Å². The van der Waals surface area contributed by atoms with Crippen LogP contribution in [-0.4, -0.2) is 41.5 Å². The van der Waals surface area contributed by atoms with Crippen LogP contribution >= 0.6 is 0 Å². The van der Waals surface area contributed by atoms with E-state index in [9.17, 15) is 4.79 Å². The van der Waals surface area contributed by atoms with Crippen molar-refractivity contribution in [1.29, 1.82) is 0 Å². The number of esters is 1. The first-order valence-electron chi connectivity index (χ1n) is 11.1. The molecule has 3 aromatic rings. The van der Waals surface area contributed by atoms with E-state index in [4.69, 9.17) is 23.7 Å². The van der Waals surface area contributed by atoms with Gasteiger partial charge in [-0.15, -0.1) is 0 Å². The summed E-state index contributed by atoms with van der Waals surface area (Å²) in [6.45, 7) is 0. The predicted molar refractivity (Wildman–Crippen MR) is 132 cm³/mol. The van der Waals surface area contributed by atoms with E-state index in [1.165, 1.54) is 18.2 Å².